The summed E-state index contributed by atoms with van der Waals surface area (Å²) in [7, 11) is 0. The van der Waals surface area contributed by atoms with Crippen LogP contribution in [0.1, 0.15) is 50.0 Å². The first-order valence-corrected chi connectivity index (χ1v) is 8.43. The number of aliphatic imine (C=N–C) groups is 1. The molecule has 2 fully saturated rings. The van der Waals surface area contributed by atoms with E-state index in [9.17, 15) is 0 Å². The van der Waals surface area contributed by atoms with Gasteiger partial charge in [0, 0.05) is 11.3 Å². The standard InChI is InChI=1S/C15H23N3OS/c1-10-4-6-15(7-5-10)9-20-14(18-15)16-8-13-17-11(2)12(3)19-13/h10H,4-9H2,1-3H3,(H,16,18). The van der Waals surface area contributed by atoms with Crippen molar-refractivity contribution >= 4 is 16.9 Å². The lowest BCUT2D eigenvalue weighted by atomic mass is 9.78. The number of rotatable bonds is 2. The van der Waals surface area contributed by atoms with E-state index in [4.69, 9.17) is 4.42 Å². The maximum atomic E-state index is 5.57. The van der Waals surface area contributed by atoms with Crippen LogP contribution in [-0.4, -0.2) is 21.4 Å². The van der Waals surface area contributed by atoms with Crippen LogP contribution in [0.4, 0.5) is 0 Å². The Kier molecular flexibility index (Phi) is 3.80. The monoisotopic (exact) mass is 293 g/mol. The van der Waals surface area contributed by atoms with E-state index in [-0.39, 0.29) is 0 Å². The fourth-order valence-electron chi connectivity index (χ4n) is 2.92. The van der Waals surface area contributed by atoms with Crippen LogP contribution in [0.25, 0.3) is 0 Å². The summed E-state index contributed by atoms with van der Waals surface area (Å²) in [5.41, 5.74) is 1.27. The lowest BCUT2D eigenvalue weighted by molar-refractivity contribution is 0.250. The highest BCUT2D eigenvalue weighted by Crippen LogP contribution is 2.38. The number of aromatic nitrogens is 1. The van der Waals surface area contributed by atoms with E-state index in [1.54, 1.807) is 0 Å². The van der Waals surface area contributed by atoms with Gasteiger partial charge in [0.05, 0.1) is 5.69 Å². The molecule has 3 rings (SSSR count). The summed E-state index contributed by atoms with van der Waals surface area (Å²) in [5, 5.41) is 4.73. The molecule has 2 heterocycles. The first-order chi connectivity index (χ1) is 9.56. The third-order valence-electron chi connectivity index (χ3n) is 4.52. The van der Waals surface area contributed by atoms with Crippen LogP contribution >= 0.6 is 11.8 Å². The lowest BCUT2D eigenvalue weighted by Crippen LogP contribution is -2.46. The Morgan fingerprint density at radius 1 is 1.40 bits per heavy atom. The van der Waals surface area contributed by atoms with Crippen molar-refractivity contribution in [3.05, 3.63) is 17.3 Å². The van der Waals surface area contributed by atoms with Crippen molar-refractivity contribution in [2.45, 2.75) is 58.5 Å². The van der Waals surface area contributed by atoms with Crippen LogP contribution in [-0.2, 0) is 6.54 Å². The summed E-state index contributed by atoms with van der Waals surface area (Å²) >= 11 is 1.85. The van der Waals surface area contributed by atoms with E-state index in [0.717, 1.165) is 28.3 Å². The second kappa shape index (κ2) is 5.43. The van der Waals surface area contributed by atoms with Crippen LogP contribution in [0.3, 0.4) is 0 Å². The average molecular weight is 293 g/mol. The van der Waals surface area contributed by atoms with Gasteiger partial charge in [-0.25, -0.2) is 4.98 Å². The SMILES string of the molecule is Cc1nc(CN=C2NC3(CCC(C)CC3)CS2)oc1C. The van der Waals surface area contributed by atoms with Crippen LogP contribution in [0.15, 0.2) is 9.41 Å². The third-order valence-corrected chi connectivity index (χ3v) is 5.72. The molecular weight excluding hydrogens is 270 g/mol. The number of oxazole rings is 1. The number of hydrogen-bond acceptors (Lipinski definition) is 4. The van der Waals surface area contributed by atoms with Gasteiger partial charge in [-0.15, -0.1) is 0 Å². The number of thioether (sulfide) groups is 1. The predicted octanol–water partition coefficient (Wildman–Crippen LogP) is 3.43. The molecule has 0 bridgehead atoms. The number of hydrogen-bond donors (Lipinski definition) is 1. The van der Waals surface area contributed by atoms with Gasteiger partial charge < -0.3 is 9.73 Å². The van der Waals surface area contributed by atoms with Crippen LogP contribution in [0.5, 0.6) is 0 Å². The molecular formula is C15H23N3OS. The van der Waals surface area contributed by atoms with Crippen molar-refractivity contribution in [2.75, 3.05) is 5.75 Å². The Hall–Kier alpha value is -0.970. The van der Waals surface area contributed by atoms with Gasteiger partial charge in [0.15, 0.2) is 5.17 Å². The van der Waals surface area contributed by atoms with Gasteiger partial charge in [-0.3, -0.25) is 4.99 Å². The third kappa shape index (κ3) is 2.87. The first-order valence-electron chi connectivity index (χ1n) is 7.45. The second-order valence-corrected chi connectivity index (χ2v) is 7.21. The largest absolute Gasteiger partial charge is 0.444 e. The molecule has 0 amide bonds. The summed E-state index contributed by atoms with van der Waals surface area (Å²) in [6.07, 6.45) is 5.22. The van der Waals surface area contributed by atoms with Crippen molar-refractivity contribution in [1.29, 1.82) is 0 Å². The van der Waals surface area contributed by atoms with E-state index in [2.05, 4.69) is 22.2 Å². The molecule has 1 aliphatic carbocycles. The van der Waals surface area contributed by atoms with Crippen molar-refractivity contribution in [1.82, 2.24) is 10.3 Å². The maximum absolute atomic E-state index is 5.57. The zero-order valence-corrected chi connectivity index (χ0v) is 13.3. The summed E-state index contributed by atoms with van der Waals surface area (Å²) in [6, 6.07) is 0. The number of nitrogens with zero attached hydrogens (tertiary/aromatic N) is 2. The molecule has 1 N–H and O–H groups in total. The quantitative estimate of drug-likeness (QED) is 0.907. The molecule has 20 heavy (non-hydrogen) atoms. The normalized spacial score (nSPS) is 31.9. The molecule has 110 valence electrons. The summed E-state index contributed by atoms with van der Waals surface area (Å²) in [5.74, 6) is 3.65. The smallest absolute Gasteiger partial charge is 0.216 e. The molecule has 0 aromatic carbocycles. The average Bonchev–Trinajstić information content (AvgIpc) is 2.97. The second-order valence-electron chi connectivity index (χ2n) is 6.25. The molecule has 1 spiro atoms. The number of aryl methyl sites for hydroxylation is 2. The Morgan fingerprint density at radius 2 is 2.15 bits per heavy atom. The Balaban J connectivity index is 1.60. The van der Waals surface area contributed by atoms with Gasteiger partial charge in [0.1, 0.15) is 12.3 Å². The molecule has 1 aromatic heterocycles. The van der Waals surface area contributed by atoms with Crippen molar-refractivity contribution in [3.8, 4) is 0 Å². The molecule has 1 saturated carbocycles. The molecule has 2 aliphatic rings. The topological polar surface area (TPSA) is 50.4 Å². The van der Waals surface area contributed by atoms with Crippen molar-refractivity contribution in [3.63, 3.8) is 0 Å². The van der Waals surface area contributed by atoms with Gasteiger partial charge in [0.2, 0.25) is 5.89 Å². The minimum absolute atomic E-state index is 0.304. The summed E-state index contributed by atoms with van der Waals surface area (Å²) in [4.78, 5) is 9.00. The lowest BCUT2D eigenvalue weighted by Gasteiger charge is -2.35. The molecule has 1 aromatic rings. The van der Waals surface area contributed by atoms with Crippen molar-refractivity contribution in [2.24, 2.45) is 10.9 Å². The minimum Gasteiger partial charge on any atom is -0.444 e. The zero-order valence-electron chi connectivity index (χ0n) is 12.5. The Labute approximate surface area is 124 Å². The molecule has 0 radical (unpaired) electrons. The van der Waals surface area contributed by atoms with Crippen molar-refractivity contribution < 1.29 is 4.42 Å². The Bertz CT molecular complexity index is 496. The predicted molar refractivity (Wildman–Crippen MR) is 83.1 cm³/mol. The first kappa shape index (κ1) is 14.0. The van der Waals surface area contributed by atoms with Gasteiger partial charge >= 0.3 is 0 Å². The van der Waals surface area contributed by atoms with Gasteiger partial charge in [-0.1, -0.05) is 18.7 Å². The summed E-state index contributed by atoms with van der Waals surface area (Å²) in [6.45, 7) is 6.81. The van der Waals surface area contributed by atoms with E-state index < -0.39 is 0 Å². The minimum atomic E-state index is 0.304. The van der Waals surface area contributed by atoms with E-state index >= 15 is 0 Å². The van der Waals surface area contributed by atoms with Gasteiger partial charge in [-0.05, 0) is 45.4 Å². The molecule has 0 atom stereocenters. The van der Waals surface area contributed by atoms with E-state index in [0.29, 0.717) is 18.0 Å². The fraction of sp³-hybridized carbons (Fsp3) is 0.733. The van der Waals surface area contributed by atoms with Crippen LogP contribution in [0, 0.1) is 19.8 Å². The molecule has 1 saturated heterocycles. The van der Waals surface area contributed by atoms with E-state index in [1.807, 2.05) is 25.6 Å². The Morgan fingerprint density at radius 3 is 2.80 bits per heavy atom. The van der Waals surface area contributed by atoms with Gasteiger partial charge in [-0.2, -0.15) is 0 Å². The molecule has 1 aliphatic heterocycles. The van der Waals surface area contributed by atoms with E-state index in [1.165, 1.54) is 25.7 Å². The molecule has 0 unspecified atom stereocenters. The highest BCUT2D eigenvalue weighted by atomic mass is 32.2. The summed E-state index contributed by atoms with van der Waals surface area (Å²) < 4.78 is 5.57. The fourth-order valence-corrected chi connectivity index (χ4v) is 4.14. The number of amidine groups is 1. The van der Waals surface area contributed by atoms with Crippen LogP contribution in [0.2, 0.25) is 0 Å². The molecule has 4 nitrogen and oxygen atoms in total. The molecule has 5 heteroatoms. The maximum Gasteiger partial charge on any atom is 0.216 e. The van der Waals surface area contributed by atoms with Gasteiger partial charge in [0.25, 0.3) is 0 Å². The zero-order chi connectivity index (χ0) is 14.2. The van der Waals surface area contributed by atoms with Crippen LogP contribution < -0.4 is 5.32 Å². The highest BCUT2D eigenvalue weighted by molar-refractivity contribution is 8.14. The highest BCUT2D eigenvalue weighted by Gasteiger charge is 2.39. The number of nitrogens with one attached hydrogen (secondary N) is 1.